The van der Waals surface area contributed by atoms with E-state index < -0.39 is 0 Å². The molecule has 0 spiro atoms. The minimum atomic E-state index is 0.310. The maximum Gasteiger partial charge on any atom is 0.137 e. The van der Waals surface area contributed by atoms with E-state index in [1.807, 2.05) is 10.9 Å². The Kier molecular flexibility index (Phi) is 11.3. The number of fused-ring (bicyclic) bond motifs is 3. The van der Waals surface area contributed by atoms with Crippen LogP contribution in [-0.2, 0) is 12.8 Å². The van der Waals surface area contributed by atoms with Crippen LogP contribution in [0.25, 0.3) is 44.4 Å². The molecule has 0 fully saturated rings. The smallest absolute Gasteiger partial charge is 0.137 e. The fourth-order valence-corrected chi connectivity index (χ4v) is 8.17. The molecule has 4 aromatic carbocycles. The van der Waals surface area contributed by atoms with Crippen LogP contribution in [0.2, 0.25) is 0 Å². The summed E-state index contributed by atoms with van der Waals surface area (Å²) in [6.45, 7) is 25.2. The largest absolute Gasteiger partial charge is 0.457 e. The summed E-state index contributed by atoms with van der Waals surface area (Å²) in [7, 11) is 0. The van der Waals surface area contributed by atoms with Crippen LogP contribution in [0.5, 0.6) is 11.5 Å². The van der Waals surface area contributed by atoms with Gasteiger partial charge in [-0.05, 0) is 157 Å². The second-order valence-electron chi connectivity index (χ2n) is 17.4. The van der Waals surface area contributed by atoms with E-state index in [1.54, 1.807) is 0 Å². The second kappa shape index (κ2) is 16.1. The van der Waals surface area contributed by atoms with Crippen molar-refractivity contribution in [2.75, 3.05) is 0 Å². The van der Waals surface area contributed by atoms with Gasteiger partial charge in [0.15, 0.2) is 0 Å². The zero-order valence-electron chi connectivity index (χ0n) is 35.5. The van der Waals surface area contributed by atoms with E-state index in [4.69, 9.17) is 14.8 Å². The van der Waals surface area contributed by atoms with E-state index in [2.05, 4.69) is 166 Å². The third kappa shape index (κ3) is 7.78. The van der Waals surface area contributed by atoms with Crippen LogP contribution in [0.3, 0.4) is 0 Å². The molecule has 290 valence electrons. The molecule has 0 atom stereocenters. The minimum Gasteiger partial charge on any atom is -0.457 e. The monoisotopic (exact) mass is 744 g/mol. The first-order valence-corrected chi connectivity index (χ1v) is 20.8. The van der Waals surface area contributed by atoms with E-state index in [0.717, 1.165) is 46.9 Å². The van der Waals surface area contributed by atoms with Crippen LogP contribution in [0.15, 0.2) is 91.4 Å². The Morgan fingerprint density at radius 2 is 1.29 bits per heavy atom. The van der Waals surface area contributed by atoms with Gasteiger partial charge >= 0.3 is 0 Å². The van der Waals surface area contributed by atoms with Crippen molar-refractivity contribution in [3.63, 3.8) is 0 Å². The summed E-state index contributed by atoms with van der Waals surface area (Å²) in [5.41, 5.74) is 15.5. The number of nitrogens with zero attached hydrogens (tertiary/aromatic N) is 4. The number of benzene rings is 4. The van der Waals surface area contributed by atoms with Crippen molar-refractivity contribution in [1.82, 2.24) is 19.3 Å². The molecule has 0 saturated carbocycles. The average molecular weight is 745 g/mol. The van der Waals surface area contributed by atoms with Crippen molar-refractivity contribution in [2.24, 2.45) is 11.8 Å². The first kappa shape index (κ1) is 39.1. The van der Waals surface area contributed by atoms with Gasteiger partial charge in [0.25, 0.3) is 0 Å². The molecule has 0 saturated heterocycles. The average Bonchev–Trinajstić information content (AvgIpc) is 3.79. The first-order valence-electron chi connectivity index (χ1n) is 20.8. The number of rotatable bonds is 13. The van der Waals surface area contributed by atoms with Gasteiger partial charge in [-0.1, -0.05) is 73.6 Å². The van der Waals surface area contributed by atoms with Gasteiger partial charge in [-0.3, -0.25) is 4.57 Å². The van der Waals surface area contributed by atoms with Crippen molar-refractivity contribution in [3.05, 3.63) is 130 Å². The Labute approximate surface area is 334 Å². The number of para-hydroxylation sites is 1. The molecular formula is C51H60N4O. The molecular weight excluding hydrogens is 685 g/mol. The summed E-state index contributed by atoms with van der Waals surface area (Å²) < 4.78 is 11.1. The summed E-state index contributed by atoms with van der Waals surface area (Å²) in [6, 6.07) is 25.9. The van der Waals surface area contributed by atoms with Crippen LogP contribution in [0, 0.1) is 32.6 Å². The number of ether oxygens (including phenoxy) is 1. The molecule has 56 heavy (non-hydrogen) atoms. The van der Waals surface area contributed by atoms with E-state index >= 15 is 0 Å². The van der Waals surface area contributed by atoms with Crippen LogP contribution in [0.4, 0.5) is 0 Å². The van der Waals surface area contributed by atoms with Gasteiger partial charge in [0.05, 0.1) is 22.9 Å². The van der Waals surface area contributed by atoms with E-state index in [1.165, 1.54) is 73.7 Å². The summed E-state index contributed by atoms with van der Waals surface area (Å²) in [5.74, 6) is 4.48. The topological polar surface area (TPSA) is 44.9 Å². The predicted molar refractivity (Wildman–Crippen MR) is 236 cm³/mol. The van der Waals surface area contributed by atoms with Crippen molar-refractivity contribution < 1.29 is 4.74 Å². The molecule has 0 unspecified atom stereocenters. The van der Waals surface area contributed by atoms with Crippen LogP contribution in [-0.4, -0.2) is 19.3 Å². The lowest BCUT2D eigenvalue weighted by Gasteiger charge is -2.23. The van der Waals surface area contributed by atoms with Crippen molar-refractivity contribution >= 4 is 21.8 Å². The molecule has 0 aliphatic carbocycles. The fourth-order valence-electron chi connectivity index (χ4n) is 8.17. The zero-order valence-corrected chi connectivity index (χ0v) is 35.5. The summed E-state index contributed by atoms with van der Waals surface area (Å²) in [6.07, 6.45) is 10.7. The molecule has 0 aliphatic heterocycles. The maximum atomic E-state index is 6.80. The molecule has 5 nitrogen and oxygen atoms in total. The van der Waals surface area contributed by atoms with Gasteiger partial charge in [0.1, 0.15) is 17.3 Å². The molecule has 0 aliphatic rings. The quantitative estimate of drug-likeness (QED) is 0.118. The van der Waals surface area contributed by atoms with Crippen molar-refractivity contribution in [1.29, 1.82) is 0 Å². The molecule has 5 heteroatoms. The van der Waals surface area contributed by atoms with Crippen molar-refractivity contribution in [3.8, 4) is 34.1 Å². The Balaban J connectivity index is 1.31. The molecule has 0 radical (unpaired) electrons. The minimum absolute atomic E-state index is 0.310. The summed E-state index contributed by atoms with van der Waals surface area (Å²) in [5, 5.41) is 7.42. The second-order valence-corrected chi connectivity index (χ2v) is 17.4. The molecule has 0 bridgehead atoms. The fraction of sp³-hybridized carbons (Fsp3) is 0.373. The van der Waals surface area contributed by atoms with E-state index in [9.17, 15) is 0 Å². The van der Waals surface area contributed by atoms with Gasteiger partial charge in [0.2, 0.25) is 0 Å². The Morgan fingerprint density at radius 3 is 1.95 bits per heavy atom. The zero-order chi connectivity index (χ0) is 39.8. The molecule has 3 aromatic heterocycles. The van der Waals surface area contributed by atoms with Crippen LogP contribution < -0.4 is 4.74 Å². The van der Waals surface area contributed by atoms with Crippen LogP contribution >= 0.6 is 0 Å². The van der Waals surface area contributed by atoms with Gasteiger partial charge < -0.3 is 4.74 Å². The first-order chi connectivity index (χ1) is 26.8. The van der Waals surface area contributed by atoms with E-state index in [0.29, 0.717) is 23.7 Å². The van der Waals surface area contributed by atoms with Gasteiger partial charge in [-0.15, -0.1) is 0 Å². The van der Waals surface area contributed by atoms with Gasteiger partial charge in [-0.2, -0.15) is 5.10 Å². The summed E-state index contributed by atoms with van der Waals surface area (Å²) in [4.78, 5) is 4.85. The highest BCUT2D eigenvalue weighted by atomic mass is 16.5. The normalized spacial score (nSPS) is 12.1. The maximum absolute atomic E-state index is 6.80. The van der Waals surface area contributed by atoms with Gasteiger partial charge in [0, 0.05) is 40.9 Å². The van der Waals surface area contributed by atoms with Crippen molar-refractivity contribution in [2.45, 2.75) is 114 Å². The lowest BCUT2D eigenvalue weighted by atomic mass is 9.81. The highest BCUT2D eigenvalue weighted by Gasteiger charge is 2.22. The third-order valence-corrected chi connectivity index (χ3v) is 11.8. The standard InChI is InChI=1S/C51H60N4O/c1-31(2)16-19-44-36(10)35(9)37(11)45(20-17-32(3)4)51(44)40-29-53-54(30-40)41-24-39(34(7)8)25-43(27-41)56-42-18-21-47-46-14-12-13-15-48(46)55(49(47)28-42)50-26-38(33(5)6)22-23-52-50/h12-15,18,21-34H,16-17,19-20H2,1-11H3. The molecule has 3 heterocycles. The van der Waals surface area contributed by atoms with Crippen LogP contribution in [0.1, 0.15) is 119 Å². The molecule has 0 N–H and O–H groups in total. The lowest BCUT2D eigenvalue weighted by Crippen LogP contribution is -2.08. The Hall–Kier alpha value is -5.16. The lowest BCUT2D eigenvalue weighted by molar-refractivity contribution is 0.481. The third-order valence-electron chi connectivity index (χ3n) is 11.8. The molecule has 7 rings (SSSR count). The number of pyridine rings is 1. The Bertz CT molecular complexity index is 2470. The SMILES string of the molecule is Cc1c(C)c(CCC(C)C)c(-c2cnn(-c3cc(Oc4ccc5c6ccccc6n(-c6cc(C(C)C)ccn6)c5c4)cc(C(C)C)c3)c2)c(CCC(C)C)c1C. The summed E-state index contributed by atoms with van der Waals surface area (Å²) >= 11 is 0. The highest BCUT2D eigenvalue weighted by Crippen LogP contribution is 2.39. The predicted octanol–water partition coefficient (Wildman–Crippen LogP) is 14.2. The molecule has 7 aromatic rings. The molecule has 0 amide bonds. The number of aromatic nitrogens is 4. The van der Waals surface area contributed by atoms with Gasteiger partial charge in [-0.25, -0.2) is 9.67 Å². The Morgan fingerprint density at radius 1 is 0.625 bits per heavy atom. The van der Waals surface area contributed by atoms with E-state index in [-0.39, 0.29) is 0 Å². The highest BCUT2D eigenvalue weighted by molar-refractivity contribution is 6.09. The number of hydrogen-bond donors (Lipinski definition) is 0. The number of hydrogen-bond acceptors (Lipinski definition) is 3.